The second-order valence-electron chi connectivity index (χ2n) is 7.51. The minimum atomic E-state index is 0.0932. The van der Waals surface area contributed by atoms with Crippen molar-refractivity contribution in [2.75, 3.05) is 50.0 Å². The lowest BCUT2D eigenvalue weighted by molar-refractivity contribution is 0.0398. The SMILES string of the molecule is N#Cc1cnc2c(NCCN3CCOCC3)cc(Nc3ccc(O)c(-n4cnnc4)c3)nn12. The summed E-state index contributed by atoms with van der Waals surface area (Å²) in [6.45, 7) is 4.92. The highest BCUT2D eigenvalue weighted by Gasteiger charge is 2.14. The van der Waals surface area contributed by atoms with Crippen LogP contribution in [0.4, 0.5) is 17.2 Å². The van der Waals surface area contributed by atoms with Gasteiger partial charge in [0.2, 0.25) is 0 Å². The molecule has 1 aliphatic heterocycles. The van der Waals surface area contributed by atoms with Crippen LogP contribution in [0.25, 0.3) is 11.3 Å². The Labute approximate surface area is 189 Å². The maximum absolute atomic E-state index is 10.2. The number of morpholine rings is 1. The van der Waals surface area contributed by atoms with Crippen LogP contribution in [-0.4, -0.2) is 78.8 Å². The summed E-state index contributed by atoms with van der Waals surface area (Å²) in [7, 11) is 0. The van der Waals surface area contributed by atoms with Crippen molar-refractivity contribution in [2.24, 2.45) is 0 Å². The van der Waals surface area contributed by atoms with Crippen molar-refractivity contribution in [1.29, 1.82) is 5.26 Å². The molecule has 3 N–H and O–H groups in total. The predicted octanol–water partition coefficient (Wildman–Crippen LogP) is 1.37. The highest BCUT2D eigenvalue weighted by molar-refractivity contribution is 5.73. The first-order chi connectivity index (χ1) is 16.2. The Bertz CT molecular complexity index is 1290. The van der Waals surface area contributed by atoms with E-state index in [9.17, 15) is 10.4 Å². The average Bonchev–Trinajstić information content (AvgIpc) is 3.51. The number of hydrogen-bond acceptors (Lipinski definition) is 10. The smallest absolute Gasteiger partial charge is 0.178 e. The maximum atomic E-state index is 10.2. The lowest BCUT2D eigenvalue weighted by Gasteiger charge is -2.26. The molecule has 0 atom stereocenters. The van der Waals surface area contributed by atoms with Crippen molar-refractivity contribution in [2.45, 2.75) is 0 Å². The van der Waals surface area contributed by atoms with Gasteiger partial charge in [0, 0.05) is 37.9 Å². The fraction of sp³-hybridized carbons (Fsp3) is 0.286. The molecule has 12 nitrogen and oxygen atoms in total. The monoisotopic (exact) mass is 446 g/mol. The van der Waals surface area contributed by atoms with Crippen LogP contribution in [0.5, 0.6) is 5.75 Å². The number of hydrogen-bond donors (Lipinski definition) is 3. The van der Waals surface area contributed by atoms with Crippen molar-refractivity contribution in [3.8, 4) is 17.5 Å². The Morgan fingerprint density at radius 3 is 2.76 bits per heavy atom. The van der Waals surface area contributed by atoms with Crippen molar-refractivity contribution < 1.29 is 9.84 Å². The van der Waals surface area contributed by atoms with E-state index >= 15 is 0 Å². The number of imidazole rings is 1. The molecule has 168 valence electrons. The normalized spacial score (nSPS) is 14.3. The maximum Gasteiger partial charge on any atom is 0.178 e. The molecular weight excluding hydrogens is 424 g/mol. The zero-order valence-electron chi connectivity index (χ0n) is 17.7. The summed E-state index contributed by atoms with van der Waals surface area (Å²) in [4.78, 5) is 6.70. The van der Waals surface area contributed by atoms with Crippen molar-refractivity contribution in [3.63, 3.8) is 0 Å². The average molecular weight is 446 g/mol. The van der Waals surface area contributed by atoms with Gasteiger partial charge in [-0.15, -0.1) is 15.3 Å². The van der Waals surface area contributed by atoms with Crippen LogP contribution < -0.4 is 10.6 Å². The summed E-state index contributed by atoms with van der Waals surface area (Å²) in [6.07, 6.45) is 4.51. The predicted molar refractivity (Wildman–Crippen MR) is 120 cm³/mol. The third-order valence-corrected chi connectivity index (χ3v) is 5.37. The number of phenols is 1. The van der Waals surface area contributed by atoms with E-state index < -0.39 is 0 Å². The second kappa shape index (κ2) is 9.11. The number of aromatic hydroxyl groups is 1. The van der Waals surface area contributed by atoms with Gasteiger partial charge in [0.25, 0.3) is 0 Å². The molecular formula is C21H22N10O2. The van der Waals surface area contributed by atoms with Crippen LogP contribution in [0, 0.1) is 11.3 Å². The lowest BCUT2D eigenvalue weighted by atomic mass is 10.2. The molecule has 0 spiro atoms. The third kappa shape index (κ3) is 4.40. The van der Waals surface area contributed by atoms with Crippen LogP contribution in [0.3, 0.4) is 0 Å². The van der Waals surface area contributed by atoms with Crippen LogP contribution in [0.2, 0.25) is 0 Å². The minimum Gasteiger partial charge on any atom is -0.506 e. The summed E-state index contributed by atoms with van der Waals surface area (Å²) >= 11 is 0. The van der Waals surface area contributed by atoms with Crippen LogP contribution in [0.1, 0.15) is 5.69 Å². The molecule has 1 aromatic carbocycles. The van der Waals surface area contributed by atoms with Gasteiger partial charge in [0.15, 0.2) is 17.2 Å². The Morgan fingerprint density at radius 1 is 1.15 bits per heavy atom. The van der Waals surface area contributed by atoms with Gasteiger partial charge < -0.3 is 20.5 Å². The van der Waals surface area contributed by atoms with Gasteiger partial charge in [0.1, 0.15) is 24.5 Å². The van der Waals surface area contributed by atoms with Crippen LogP contribution in [-0.2, 0) is 4.74 Å². The van der Waals surface area contributed by atoms with E-state index in [1.54, 1.807) is 22.8 Å². The van der Waals surface area contributed by atoms with E-state index in [2.05, 4.69) is 41.9 Å². The molecule has 0 saturated carbocycles. The second-order valence-corrected chi connectivity index (χ2v) is 7.51. The van der Waals surface area contributed by atoms with Crippen molar-refractivity contribution in [1.82, 2.24) is 34.3 Å². The molecule has 0 aliphatic carbocycles. The number of ether oxygens (including phenoxy) is 1. The number of fused-ring (bicyclic) bond motifs is 1. The topological polar surface area (TPSA) is 141 Å². The molecule has 12 heteroatoms. The Hall–Kier alpha value is -4.21. The molecule has 3 aromatic heterocycles. The number of anilines is 3. The number of nitrogens with one attached hydrogen (secondary N) is 2. The molecule has 0 radical (unpaired) electrons. The van der Waals surface area contributed by atoms with Gasteiger partial charge in [-0.1, -0.05) is 0 Å². The standard InChI is InChI=1S/C21H22N10O2/c22-11-16-12-24-21-17(23-3-4-29-5-7-33-8-6-29)10-20(28-31(16)21)27-15-1-2-19(32)18(9-15)30-13-25-26-14-30/h1-2,9-10,12-14,23,32H,3-8H2,(H,27,28). The Balaban J connectivity index is 1.41. The number of nitriles is 1. The Kier molecular flexibility index (Phi) is 5.71. The number of benzene rings is 1. The molecule has 1 saturated heterocycles. The van der Waals surface area contributed by atoms with Crippen LogP contribution >= 0.6 is 0 Å². The summed E-state index contributed by atoms with van der Waals surface area (Å²) < 4.78 is 8.53. The molecule has 0 bridgehead atoms. The zero-order chi connectivity index (χ0) is 22.6. The molecule has 0 unspecified atom stereocenters. The third-order valence-electron chi connectivity index (χ3n) is 5.37. The van der Waals surface area contributed by atoms with Gasteiger partial charge >= 0.3 is 0 Å². The first-order valence-corrected chi connectivity index (χ1v) is 10.5. The van der Waals surface area contributed by atoms with E-state index in [0.29, 0.717) is 35.1 Å². The summed E-state index contributed by atoms with van der Waals surface area (Å²) in [5.74, 6) is 0.613. The molecule has 1 aliphatic rings. The molecule has 5 rings (SSSR count). The fourth-order valence-electron chi connectivity index (χ4n) is 3.69. The van der Waals surface area contributed by atoms with E-state index in [1.165, 1.54) is 23.4 Å². The van der Waals surface area contributed by atoms with Gasteiger partial charge in [-0.3, -0.25) is 9.47 Å². The van der Waals surface area contributed by atoms with E-state index in [-0.39, 0.29) is 5.75 Å². The van der Waals surface area contributed by atoms with E-state index in [1.807, 2.05) is 6.07 Å². The molecule has 33 heavy (non-hydrogen) atoms. The van der Waals surface area contributed by atoms with Gasteiger partial charge in [-0.05, 0) is 18.2 Å². The molecule has 1 fully saturated rings. The molecule has 4 heterocycles. The van der Waals surface area contributed by atoms with Gasteiger partial charge in [-0.2, -0.15) is 9.78 Å². The largest absolute Gasteiger partial charge is 0.506 e. The van der Waals surface area contributed by atoms with Gasteiger partial charge in [0.05, 0.1) is 30.8 Å². The number of phenolic OH excluding ortho intramolecular Hbond substituents is 1. The Morgan fingerprint density at radius 2 is 1.97 bits per heavy atom. The minimum absolute atomic E-state index is 0.0932. The lowest BCUT2D eigenvalue weighted by Crippen LogP contribution is -2.39. The summed E-state index contributed by atoms with van der Waals surface area (Å²) in [5.41, 5.74) is 2.90. The first kappa shape index (κ1) is 20.7. The van der Waals surface area contributed by atoms with Crippen molar-refractivity contribution >= 4 is 22.8 Å². The number of aromatic nitrogens is 6. The number of rotatable bonds is 7. The fourth-order valence-corrected chi connectivity index (χ4v) is 3.69. The van der Waals surface area contributed by atoms with Crippen LogP contribution in [0.15, 0.2) is 43.1 Å². The highest BCUT2D eigenvalue weighted by Crippen LogP contribution is 2.28. The number of nitrogens with zero attached hydrogens (tertiary/aromatic N) is 8. The highest BCUT2D eigenvalue weighted by atomic mass is 16.5. The first-order valence-electron chi connectivity index (χ1n) is 10.5. The molecule has 4 aromatic rings. The van der Waals surface area contributed by atoms with Crippen molar-refractivity contribution in [3.05, 3.63) is 48.8 Å². The summed E-state index contributed by atoms with van der Waals surface area (Å²) in [5, 5.41) is 38.4. The summed E-state index contributed by atoms with van der Waals surface area (Å²) in [6, 6.07) is 9.05. The van der Waals surface area contributed by atoms with E-state index in [4.69, 9.17) is 4.74 Å². The zero-order valence-corrected chi connectivity index (χ0v) is 17.7. The van der Waals surface area contributed by atoms with Gasteiger partial charge in [-0.25, -0.2) is 4.98 Å². The van der Waals surface area contributed by atoms with E-state index in [0.717, 1.165) is 38.5 Å². The quantitative estimate of drug-likeness (QED) is 0.356. The molecule has 0 amide bonds.